The molecule has 1 aliphatic rings. The van der Waals surface area contributed by atoms with Gasteiger partial charge in [-0.25, -0.2) is 0 Å². The SMILES string of the molecule is COc1cc(NC(=O)C[C@H]2C=CCC2)ccc1NC(C)=O. The zero-order valence-electron chi connectivity index (χ0n) is 12.3. The maximum atomic E-state index is 12.0. The topological polar surface area (TPSA) is 67.4 Å². The second-order valence-electron chi connectivity index (χ2n) is 5.11. The van der Waals surface area contributed by atoms with Crippen molar-refractivity contribution in [3.63, 3.8) is 0 Å². The largest absolute Gasteiger partial charge is 0.494 e. The average Bonchev–Trinajstić information content (AvgIpc) is 2.92. The van der Waals surface area contributed by atoms with E-state index in [2.05, 4.69) is 22.8 Å². The molecule has 0 fully saturated rings. The third-order valence-corrected chi connectivity index (χ3v) is 3.36. The molecule has 0 saturated heterocycles. The van der Waals surface area contributed by atoms with Gasteiger partial charge in [0.05, 0.1) is 12.8 Å². The number of benzene rings is 1. The molecular formula is C16H20N2O3. The van der Waals surface area contributed by atoms with Gasteiger partial charge in [-0.15, -0.1) is 0 Å². The molecule has 0 aliphatic heterocycles. The molecule has 21 heavy (non-hydrogen) atoms. The van der Waals surface area contributed by atoms with Crippen molar-refractivity contribution in [3.8, 4) is 5.75 Å². The Balaban J connectivity index is 2.01. The molecule has 0 aromatic heterocycles. The molecule has 0 heterocycles. The van der Waals surface area contributed by atoms with Crippen molar-refractivity contribution in [1.82, 2.24) is 0 Å². The molecule has 0 unspecified atom stereocenters. The van der Waals surface area contributed by atoms with Crippen molar-refractivity contribution in [3.05, 3.63) is 30.4 Å². The van der Waals surface area contributed by atoms with Crippen molar-refractivity contribution in [2.24, 2.45) is 5.92 Å². The molecule has 2 amide bonds. The van der Waals surface area contributed by atoms with Crippen molar-refractivity contribution >= 4 is 23.2 Å². The number of anilines is 2. The average molecular weight is 288 g/mol. The highest BCUT2D eigenvalue weighted by molar-refractivity contribution is 5.93. The Morgan fingerprint density at radius 1 is 1.33 bits per heavy atom. The second-order valence-corrected chi connectivity index (χ2v) is 5.11. The number of amides is 2. The highest BCUT2D eigenvalue weighted by atomic mass is 16.5. The van der Waals surface area contributed by atoms with E-state index in [1.807, 2.05) is 0 Å². The Bertz CT molecular complexity index is 567. The van der Waals surface area contributed by atoms with E-state index in [-0.39, 0.29) is 11.8 Å². The molecule has 1 aromatic rings. The van der Waals surface area contributed by atoms with Crippen LogP contribution in [0.2, 0.25) is 0 Å². The van der Waals surface area contributed by atoms with Gasteiger partial charge in [-0.1, -0.05) is 12.2 Å². The summed E-state index contributed by atoms with van der Waals surface area (Å²) < 4.78 is 5.22. The van der Waals surface area contributed by atoms with Gasteiger partial charge in [0.1, 0.15) is 5.75 Å². The van der Waals surface area contributed by atoms with Crippen molar-refractivity contribution in [2.45, 2.75) is 26.2 Å². The third-order valence-electron chi connectivity index (χ3n) is 3.36. The number of nitrogens with one attached hydrogen (secondary N) is 2. The van der Waals surface area contributed by atoms with Crippen LogP contribution < -0.4 is 15.4 Å². The van der Waals surface area contributed by atoms with Crippen LogP contribution in [0.1, 0.15) is 26.2 Å². The molecule has 0 saturated carbocycles. The van der Waals surface area contributed by atoms with Crippen LogP contribution >= 0.6 is 0 Å². The molecular weight excluding hydrogens is 268 g/mol. The molecule has 112 valence electrons. The summed E-state index contributed by atoms with van der Waals surface area (Å²) in [6.45, 7) is 1.43. The van der Waals surface area contributed by atoms with Crippen LogP contribution in [0.5, 0.6) is 5.75 Å². The Labute approximate surface area is 124 Å². The molecule has 1 aromatic carbocycles. The lowest BCUT2D eigenvalue weighted by Gasteiger charge is -2.12. The molecule has 0 bridgehead atoms. The minimum Gasteiger partial charge on any atom is -0.494 e. The molecule has 1 atom stereocenters. The summed E-state index contributed by atoms with van der Waals surface area (Å²) in [6, 6.07) is 5.16. The van der Waals surface area contributed by atoms with E-state index in [1.165, 1.54) is 14.0 Å². The Kier molecular flexibility index (Phi) is 4.98. The fraction of sp³-hybridized carbons (Fsp3) is 0.375. The van der Waals surface area contributed by atoms with Crippen LogP contribution in [-0.4, -0.2) is 18.9 Å². The van der Waals surface area contributed by atoms with E-state index in [4.69, 9.17) is 4.74 Å². The van der Waals surface area contributed by atoms with Crippen LogP contribution in [0.4, 0.5) is 11.4 Å². The molecule has 5 nitrogen and oxygen atoms in total. The smallest absolute Gasteiger partial charge is 0.224 e. The van der Waals surface area contributed by atoms with Crippen molar-refractivity contribution in [1.29, 1.82) is 0 Å². The molecule has 2 N–H and O–H groups in total. The van der Waals surface area contributed by atoms with Gasteiger partial charge in [-0.3, -0.25) is 9.59 Å². The maximum Gasteiger partial charge on any atom is 0.224 e. The third kappa shape index (κ3) is 4.34. The van der Waals surface area contributed by atoms with E-state index in [9.17, 15) is 9.59 Å². The molecule has 1 aliphatic carbocycles. The standard InChI is InChI=1S/C16H20N2O3/c1-11(19)17-14-8-7-13(10-15(14)21-2)18-16(20)9-12-5-3-4-6-12/h3,5,7-8,10,12H,4,6,9H2,1-2H3,(H,17,19)(H,18,20)/t12-/m0/s1. The summed E-state index contributed by atoms with van der Waals surface area (Å²) in [5.74, 6) is 0.674. The first kappa shape index (κ1) is 15.1. The van der Waals surface area contributed by atoms with Crippen molar-refractivity contribution in [2.75, 3.05) is 17.7 Å². The quantitative estimate of drug-likeness (QED) is 0.819. The Morgan fingerprint density at radius 3 is 2.76 bits per heavy atom. The summed E-state index contributed by atoms with van der Waals surface area (Å²) in [4.78, 5) is 23.1. The first-order chi connectivity index (χ1) is 10.1. The molecule has 5 heteroatoms. The molecule has 0 spiro atoms. The number of ether oxygens (including phenoxy) is 1. The lowest BCUT2D eigenvalue weighted by molar-refractivity contribution is -0.117. The number of rotatable bonds is 5. The number of carbonyl (C=O) groups excluding carboxylic acids is 2. The highest BCUT2D eigenvalue weighted by Crippen LogP contribution is 2.28. The van der Waals surface area contributed by atoms with Gasteiger partial charge in [0.2, 0.25) is 11.8 Å². The normalized spacial score (nSPS) is 16.6. The van der Waals surface area contributed by atoms with Crippen LogP contribution in [0.25, 0.3) is 0 Å². The zero-order chi connectivity index (χ0) is 15.2. The number of hydrogen-bond donors (Lipinski definition) is 2. The van der Waals surface area contributed by atoms with E-state index in [0.29, 0.717) is 29.5 Å². The fourth-order valence-corrected chi connectivity index (χ4v) is 2.38. The highest BCUT2D eigenvalue weighted by Gasteiger charge is 2.14. The summed E-state index contributed by atoms with van der Waals surface area (Å²) in [7, 11) is 1.52. The Hall–Kier alpha value is -2.30. The number of carbonyl (C=O) groups is 2. The van der Waals surface area contributed by atoms with E-state index in [0.717, 1.165) is 12.8 Å². The van der Waals surface area contributed by atoms with E-state index in [1.54, 1.807) is 18.2 Å². The van der Waals surface area contributed by atoms with Crippen LogP contribution in [0.15, 0.2) is 30.4 Å². The van der Waals surface area contributed by atoms with Crippen molar-refractivity contribution < 1.29 is 14.3 Å². The van der Waals surface area contributed by atoms with Gasteiger partial charge in [0.25, 0.3) is 0 Å². The Morgan fingerprint density at radius 2 is 2.14 bits per heavy atom. The maximum absolute atomic E-state index is 12.0. The fourth-order valence-electron chi connectivity index (χ4n) is 2.38. The first-order valence-electron chi connectivity index (χ1n) is 7.00. The predicted molar refractivity (Wildman–Crippen MR) is 82.4 cm³/mol. The van der Waals surface area contributed by atoms with Crippen LogP contribution in [0.3, 0.4) is 0 Å². The van der Waals surface area contributed by atoms with Gasteiger partial charge < -0.3 is 15.4 Å². The zero-order valence-corrected chi connectivity index (χ0v) is 12.3. The molecule has 0 radical (unpaired) electrons. The number of allylic oxidation sites excluding steroid dienone is 2. The lowest BCUT2D eigenvalue weighted by Crippen LogP contribution is -2.15. The first-order valence-corrected chi connectivity index (χ1v) is 7.00. The van der Waals surface area contributed by atoms with Gasteiger partial charge in [0, 0.05) is 25.1 Å². The van der Waals surface area contributed by atoms with E-state index >= 15 is 0 Å². The predicted octanol–water partition coefficient (Wildman–Crippen LogP) is 2.95. The summed E-state index contributed by atoms with van der Waals surface area (Å²) in [6.07, 6.45) is 6.80. The number of methoxy groups -OCH3 is 1. The van der Waals surface area contributed by atoms with Crippen LogP contribution in [-0.2, 0) is 9.59 Å². The molecule has 2 rings (SSSR count). The summed E-state index contributed by atoms with van der Waals surface area (Å²) in [5.41, 5.74) is 1.25. The monoisotopic (exact) mass is 288 g/mol. The number of hydrogen-bond acceptors (Lipinski definition) is 3. The minimum absolute atomic E-state index is 0.0131. The summed E-state index contributed by atoms with van der Waals surface area (Å²) >= 11 is 0. The summed E-state index contributed by atoms with van der Waals surface area (Å²) in [5, 5.41) is 5.54. The van der Waals surface area contributed by atoms with Gasteiger partial charge in [-0.05, 0) is 30.9 Å². The lowest BCUT2D eigenvalue weighted by atomic mass is 10.1. The minimum atomic E-state index is -0.168. The van der Waals surface area contributed by atoms with E-state index < -0.39 is 0 Å². The van der Waals surface area contributed by atoms with Gasteiger partial charge >= 0.3 is 0 Å². The van der Waals surface area contributed by atoms with Gasteiger partial charge in [-0.2, -0.15) is 0 Å². The second kappa shape index (κ2) is 6.92. The van der Waals surface area contributed by atoms with Gasteiger partial charge in [0.15, 0.2) is 0 Å². The van der Waals surface area contributed by atoms with Crippen LogP contribution in [0, 0.1) is 5.92 Å².